The van der Waals surface area contributed by atoms with Crippen molar-refractivity contribution in [3.63, 3.8) is 0 Å². The average Bonchev–Trinajstić information content (AvgIpc) is 2.60. The number of benzene rings is 2. The molecule has 0 amide bonds. The molecule has 3 aromatic rings. The second kappa shape index (κ2) is 7.96. The van der Waals surface area contributed by atoms with E-state index in [2.05, 4.69) is 12.1 Å². The van der Waals surface area contributed by atoms with Gasteiger partial charge < -0.3 is 14.3 Å². The van der Waals surface area contributed by atoms with Gasteiger partial charge in [-0.05, 0) is 30.8 Å². The Morgan fingerprint density at radius 3 is 2.68 bits per heavy atom. The lowest BCUT2D eigenvalue weighted by atomic mass is 10.2. The van der Waals surface area contributed by atoms with Crippen LogP contribution in [0.3, 0.4) is 0 Å². The maximum Gasteiger partial charge on any atom is 0.336 e. The van der Waals surface area contributed by atoms with Crippen molar-refractivity contribution >= 4 is 11.0 Å². The van der Waals surface area contributed by atoms with Gasteiger partial charge in [-0.15, -0.1) is 0 Å². The molecule has 3 rings (SSSR count). The fraction of sp³-hybridized carbons (Fsp3) is 0.250. The highest BCUT2D eigenvalue weighted by Crippen LogP contribution is 2.19. The van der Waals surface area contributed by atoms with E-state index in [0.29, 0.717) is 17.9 Å². The van der Waals surface area contributed by atoms with Gasteiger partial charge in [0.1, 0.15) is 24.0 Å². The number of fused-ring (bicyclic) bond motifs is 1. The SMILES string of the molecule is CN(Cc1ccccc1)CC(O)COc1ccc2ccc(=O)oc2c1. The van der Waals surface area contributed by atoms with E-state index in [1.54, 1.807) is 18.2 Å². The fourth-order valence-electron chi connectivity index (χ4n) is 2.70. The van der Waals surface area contributed by atoms with Crippen molar-refractivity contribution in [3.8, 4) is 5.75 Å². The van der Waals surface area contributed by atoms with Crippen LogP contribution >= 0.6 is 0 Å². The predicted molar refractivity (Wildman–Crippen MR) is 96.8 cm³/mol. The van der Waals surface area contributed by atoms with E-state index in [1.165, 1.54) is 11.6 Å². The lowest BCUT2D eigenvalue weighted by molar-refractivity contribution is 0.0744. The molecule has 1 aromatic heterocycles. The molecule has 0 spiro atoms. The minimum absolute atomic E-state index is 0.168. The molecule has 5 heteroatoms. The molecule has 0 fully saturated rings. The third kappa shape index (κ3) is 4.92. The summed E-state index contributed by atoms with van der Waals surface area (Å²) in [6.07, 6.45) is -0.618. The smallest absolute Gasteiger partial charge is 0.336 e. The van der Waals surface area contributed by atoms with E-state index in [0.717, 1.165) is 11.9 Å². The summed E-state index contributed by atoms with van der Waals surface area (Å²) in [4.78, 5) is 13.3. The zero-order valence-electron chi connectivity index (χ0n) is 14.1. The highest BCUT2D eigenvalue weighted by Gasteiger charge is 2.10. The quantitative estimate of drug-likeness (QED) is 0.671. The molecule has 0 bridgehead atoms. The van der Waals surface area contributed by atoms with Crippen LogP contribution in [0.1, 0.15) is 5.56 Å². The van der Waals surface area contributed by atoms with Crippen LogP contribution in [0, 0.1) is 0 Å². The number of likely N-dealkylation sites (N-methyl/N-ethyl adjacent to an activating group) is 1. The fourth-order valence-corrected chi connectivity index (χ4v) is 2.70. The van der Waals surface area contributed by atoms with Crippen molar-refractivity contribution in [1.29, 1.82) is 0 Å². The van der Waals surface area contributed by atoms with Gasteiger partial charge in [-0.1, -0.05) is 30.3 Å². The zero-order chi connectivity index (χ0) is 17.6. The van der Waals surface area contributed by atoms with Crippen molar-refractivity contribution in [2.45, 2.75) is 12.6 Å². The van der Waals surface area contributed by atoms with Gasteiger partial charge in [-0.2, -0.15) is 0 Å². The van der Waals surface area contributed by atoms with Gasteiger partial charge in [0.05, 0.1) is 0 Å². The Bertz CT molecular complexity index is 876. The normalized spacial score (nSPS) is 12.4. The van der Waals surface area contributed by atoms with E-state index in [4.69, 9.17) is 9.15 Å². The molecule has 0 aliphatic rings. The summed E-state index contributed by atoms with van der Waals surface area (Å²) in [5, 5.41) is 11.0. The Kier molecular flexibility index (Phi) is 5.48. The Labute approximate surface area is 146 Å². The summed E-state index contributed by atoms with van der Waals surface area (Å²) in [5.41, 5.74) is 1.27. The summed E-state index contributed by atoms with van der Waals surface area (Å²) in [6.45, 7) is 1.43. The summed E-state index contributed by atoms with van der Waals surface area (Å²) in [6, 6.07) is 18.5. The van der Waals surface area contributed by atoms with Crippen LogP contribution in [0.25, 0.3) is 11.0 Å². The molecule has 25 heavy (non-hydrogen) atoms. The predicted octanol–water partition coefficient (Wildman–Crippen LogP) is 2.66. The first-order chi connectivity index (χ1) is 12.1. The molecule has 1 unspecified atom stereocenters. The highest BCUT2D eigenvalue weighted by molar-refractivity contribution is 5.77. The third-order valence-corrected chi connectivity index (χ3v) is 3.85. The first-order valence-electron chi connectivity index (χ1n) is 8.17. The minimum Gasteiger partial charge on any atom is -0.491 e. The van der Waals surface area contributed by atoms with E-state index in [-0.39, 0.29) is 6.61 Å². The van der Waals surface area contributed by atoms with Crippen LogP contribution in [0.15, 0.2) is 69.9 Å². The topological polar surface area (TPSA) is 62.9 Å². The maximum absolute atomic E-state index is 11.3. The lowest BCUT2D eigenvalue weighted by Crippen LogP contribution is -2.32. The number of nitrogens with zero attached hydrogens (tertiary/aromatic N) is 1. The van der Waals surface area contributed by atoms with E-state index < -0.39 is 11.7 Å². The van der Waals surface area contributed by atoms with Gasteiger partial charge >= 0.3 is 5.63 Å². The molecule has 5 nitrogen and oxygen atoms in total. The second-order valence-corrected chi connectivity index (χ2v) is 6.10. The molecule has 130 valence electrons. The minimum atomic E-state index is -0.618. The maximum atomic E-state index is 11.3. The molecule has 0 saturated carbocycles. The van der Waals surface area contributed by atoms with Gasteiger partial charge in [0.15, 0.2) is 0 Å². The Morgan fingerprint density at radius 2 is 1.88 bits per heavy atom. The van der Waals surface area contributed by atoms with Crippen molar-refractivity contribution in [2.24, 2.45) is 0 Å². The van der Waals surface area contributed by atoms with Crippen molar-refractivity contribution in [3.05, 3.63) is 76.6 Å². The van der Waals surface area contributed by atoms with E-state index in [1.807, 2.05) is 36.2 Å². The first-order valence-corrected chi connectivity index (χ1v) is 8.17. The number of aliphatic hydroxyl groups is 1. The first kappa shape index (κ1) is 17.2. The van der Waals surface area contributed by atoms with Gasteiger partial charge in [0.2, 0.25) is 0 Å². The Hall–Kier alpha value is -2.63. The molecular formula is C20H21NO4. The molecule has 0 aliphatic carbocycles. The molecule has 1 atom stereocenters. The van der Waals surface area contributed by atoms with Crippen LogP contribution in [-0.2, 0) is 6.54 Å². The average molecular weight is 339 g/mol. The van der Waals surface area contributed by atoms with Gasteiger partial charge in [-0.3, -0.25) is 4.90 Å². The summed E-state index contributed by atoms with van der Waals surface area (Å²) < 4.78 is 10.8. The number of ether oxygens (including phenoxy) is 1. The van der Waals surface area contributed by atoms with Crippen molar-refractivity contribution < 1.29 is 14.3 Å². The summed E-state index contributed by atoms with van der Waals surface area (Å²) in [7, 11) is 1.96. The van der Waals surface area contributed by atoms with Crippen LogP contribution in [0.4, 0.5) is 0 Å². The third-order valence-electron chi connectivity index (χ3n) is 3.85. The number of hydrogen-bond donors (Lipinski definition) is 1. The van der Waals surface area contributed by atoms with Crippen molar-refractivity contribution in [2.75, 3.05) is 20.2 Å². The van der Waals surface area contributed by atoms with E-state index in [9.17, 15) is 9.90 Å². The van der Waals surface area contributed by atoms with E-state index >= 15 is 0 Å². The summed E-state index contributed by atoms with van der Waals surface area (Å²) >= 11 is 0. The zero-order valence-corrected chi connectivity index (χ0v) is 14.1. The largest absolute Gasteiger partial charge is 0.491 e. The summed E-state index contributed by atoms with van der Waals surface area (Å²) in [5.74, 6) is 0.562. The second-order valence-electron chi connectivity index (χ2n) is 6.10. The molecule has 1 heterocycles. The molecule has 0 aliphatic heterocycles. The molecular weight excluding hydrogens is 318 g/mol. The molecule has 1 N–H and O–H groups in total. The standard InChI is InChI=1S/C20H21NO4/c1-21(12-15-5-3-2-4-6-15)13-17(22)14-24-18-9-7-16-8-10-20(23)25-19(16)11-18/h2-11,17,22H,12-14H2,1H3. The van der Waals surface area contributed by atoms with Crippen LogP contribution in [0.5, 0.6) is 5.75 Å². The number of aliphatic hydroxyl groups excluding tert-OH is 1. The number of hydrogen-bond acceptors (Lipinski definition) is 5. The molecule has 0 saturated heterocycles. The molecule has 2 aromatic carbocycles. The van der Waals surface area contributed by atoms with Crippen LogP contribution < -0.4 is 10.4 Å². The molecule has 0 radical (unpaired) electrons. The highest BCUT2D eigenvalue weighted by atomic mass is 16.5. The van der Waals surface area contributed by atoms with Gasteiger partial charge in [0.25, 0.3) is 0 Å². The van der Waals surface area contributed by atoms with Crippen LogP contribution in [0.2, 0.25) is 0 Å². The Balaban J connectivity index is 1.53. The Morgan fingerprint density at radius 1 is 1.12 bits per heavy atom. The van der Waals surface area contributed by atoms with Crippen LogP contribution in [-0.4, -0.2) is 36.3 Å². The van der Waals surface area contributed by atoms with Gasteiger partial charge in [0, 0.05) is 30.6 Å². The monoisotopic (exact) mass is 339 g/mol. The lowest BCUT2D eigenvalue weighted by Gasteiger charge is -2.21. The van der Waals surface area contributed by atoms with Gasteiger partial charge in [-0.25, -0.2) is 4.79 Å². The number of rotatable bonds is 7. The van der Waals surface area contributed by atoms with Crippen molar-refractivity contribution in [1.82, 2.24) is 4.90 Å².